The second-order valence-electron chi connectivity index (χ2n) is 7.08. The summed E-state index contributed by atoms with van der Waals surface area (Å²) in [5.41, 5.74) is 10.0. The van der Waals surface area contributed by atoms with Crippen LogP contribution < -0.4 is 5.73 Å². The summed E-state index contributed by atoms with van der Waals surface area (Å²) in [5, 5.41) is 2.77. The Morgan fingerprint density at radius 2 is 1.89 bits per heavy atom. The lowest BCUT2D eigenvalue weighted by Gasteiger charge is -2.16. The molecule has 138 valence electrons. The molecule has 3 aromatic rings. The van der Waals surface area contributed by atoms with E-state index in [0.29, 0.717) is 25.3 Å². The Morgan fingerprint density at radius 1 is 1.15 bits per heavy atom. The molecule has 1 amide bonds. The van der Waals surface area contributed by atoms with Gasteiger partial charge in [0, 0.05) is 30.0 Å². The van der Waals surface area contributed by atoms with Gasteiger partial charge in [-0.25, -0.2) is 4.98 Å². The van der Waals surface area contributed by atoms with Crippen molar-refractivity contribution in [2.24, 2.45) is 11.7 Å². The minimum atomic E-state index is 0.00275. The predicted octanol–water partition coefficient (Wildman–Crippen LogP) is 3.93. The zero-order valence-corrected chi connectivity index (χ0v) is 16.2. The first-order valence-corrected chi connectivity index (χ1v) is 10.1. The lowest BCUT2D eigenvalue weighted by molar-refractivity contribution is 0.0781. The van der Waals surface area contributed by atoms with Crippen LogP contribution in [0.5, 0.6) is 0 Å². The van der Waals surface area contributed by atoms with Gasteiger partial charge in [-0.3, -0.25) is 4.79 Å². The van der Waals surface area contributed by atoms with Gasteiger partial charge in [0.25, 0.3) is 5.91 Å². The van der Waals surface area contributed by atoms with Gasteiger partial charge in [0.15, 0.2) is 0 Å². The molecule has 0 radical (unpaired) electrons. The number of carbonyl (C=O) groups is 1. The van der Waals surface area contributed by atoms with Crippen molar-refractivity contribution < 1.29 is 4.79 Å². The number of aromatic nitrogens is 1. The van der Waals surface area contributed by atoms with Gasteiger partial charge in [-0.1, -0.05) is 54.6 Å². The molecular weight excluding hydrogens is 354 g/mol. The third-order valence-electron chi connectivity index (χ3n) is 5.36. The molecule has 1 aliphatic rings. The van der Waals surface area contributed by atoms with E-state index in [-0.39, 0.29) is 17.7 Å². The molecule has 5 heteroatoms. The minimum absolute atomic E-state index is 0.00275. The van der Waals surface area contributed by atoms with E-state index in [2.05, 4.69) is 30.1 Å². The number of aryl methyl sites for hydroxylation is 1. The van der Waals surface area contributed by atoms with Crippen LogP contribution >= 0.6 is 11.3 Å². The predicted molar refractivity (Wildman–Crippen MR) is 110 cm³/mol. The summed E-state index contributed by atoms with van der Waals surface area (Å²) in [7, 11) is 0. The van der Waals surface area contributed by atoms with Crippen molar-refractivity contribution >= 4 is 17.2 Å². The van der Waals surface area contributed by atoms with Gasteiger partial charge in [0.05, 0.1) is 0 Å². The van der Waals surface area contributed by atoms with E-state index in [1.807, 2.05) is 46.7 Å². The van der Waals surface area contributed by atoms with E-state index in [0.717, 1.165) is 10.6 Å². The third-order valence-corrected chi connectivity index (χ3v) is 6.23. The van der Waals surface area contributed by atoms with Gasteiger partial charge in [-0.05, 0) is 30.5 Å². The fourth-order valence-corrected chi connectivity index (χ4v) is 4.71. The summed E-state index contributed by atoms with van der Waals surface area (Å²) in [6.07, 6.45) is 0. The van der Waals surface area contributed by atoms with Crippen LogP contribution in [0.1, 0.15) is 27.5 Å². The number of thiazole rings is 1. The third kappa shape index (κ3) is 3.53. The number of carbonyl (C=O) groups excluding carboxylic acids is 1. The van der Waals surface area contributed by atoms with Gasteiger partial charge in [-0.2, -0.15) is 0 Å². The molecule has 1 saturated heterocycles. The smallest absolute Gasteiger partial charge is 0.273 e. The highest BCUT2D eigenvalue weighted by atomic mass is 32.1. The zero-order valence-electron chi connectivity index (χ0n) is 15.3. The van der Waals surface area contributed by atoms with Crippen LogP contribution in [0, 0.1) is 12.8 Å². The van der Waals surface area contributed by atoms with Crippen LogP contribution in [0.15, 0.2) is 60.0 Å². The topological polar surface area (TPSA) is 59.2 Å². The first kappa shape index (κ1) is 17.9. The van der Waals surface area contributed by atoms with Crippen LogP contribution in [0.2, 0.25) is 0 Å². The highest BCUT2D eigenvalue weighted by Crippen LogP contribution is 2.33. The number of hydrogen-bond acceptors (Lipinski definition) is 4. The molecule has 1 aliphatic heterocycles. The lowest BCUT2D eigenvalue weighted by atomic mass is 9.89. The largest absolute Gasteiger partial charge is 0.336 e. The van der Waals surface area contributed by atoms with Gasteiger partial charge in [0.1, 0.15) is 10.7 Å². The number of hydrogen-bond donors (Lipinski definition) is 1. The Kier molecular flexibility index (Phi) is 5.05. The number of likely N-dealkylation sites (tertiary alicyclic amines) is 1. The lowest BCUT2D eigenvalue weighted by Crippen LogP contribution is -2.30. The first-order valence-electron chi connectivity index (χ1n) is 9.23. The molecule has 1 aromatic heterocycles. The second-order valence-corrected chi connectivity index (χ2v) is 7.93. The maximum Gasteiger partial charge on any atom is 0.273 e. The number of nitrogens with two attached hydrogens (primary N) is 1. The van der Waals surface area contributed by atoms with Crippen molar-refractivity contribution in [3.8, 4) is 10.6 Å². The Hall–Kier alpha value is -2.50. The Bertz CT molecular complexity index is 937. The summed E-state index contributed by atoms with van der Waals surface area (Å²) in [6.45, 7) is 4.03. The van der Waals surface area contributed by atoms with Crippen molar-refractivity contribution in [2.75, 3.05) is 19.6 Å². The van der Waals surface area contributed by atoms with Crippen LogP contribution in [0.3, 0.4) is 0 Å². The maximum atomic E-state index is 13.0. The molecule has 0 bridgehead atoms. The molecule has 0 saturated carbocycles. The van der Waals surface area contributed by atoms with Crippen molar-refractivity contribution in [3.63, 3.8) is 0 Å². The van der Waals surface area contributed by atoms with Crippen molar-refractivity contribution in [2.45, 2.75) is 12.8 Å². The van der Waals surface area contributed by atoms with Gasteiger partial charge in [0.2, 0.25) is 0 Å². The molecule has 0 spiro atoms. The van der Waals surface area contributed by atoms with E-state index in [1.54, 1.807) is 0 Å². The normalized spacial score (nSPS) is 19.4. The molecule has 0 aliphatic carbocycles. The van der Waals surface area contributed by atoms with Crippen molar-refractivity contribution in [3.05, 3.63) is 76.8 Å². The average molecular weight is 378 g/mol. The van der Waals surface area contributed by atoms with Crippen LogP contribution in [-0.4, -0.2) is 35.4 Å². The highest BCUT2D eigenvalue weighted by molar-refractivity contribution is 7.13. The molecule has 2 N–H and O–H groups in total. The molecular formula is C22H23N3OS. The minimum Gasteiger partial charge on any atom is -0.336 e. The summed E-state index contributed by atoms with van der Waals surface area (Å²) in [5.74, 6) is 0.573. The van der Waals surface area contributed by atoms with Gasteiger partial charge < -0.3 is 10.6 Å². The molecule has 2 atom stereocenters. The number of rotatable bonds is 4. The second kappa shape index (κ2) is 7.62. The Labute approximate surface area is 163 Å². The highest BCUT2D eigenvalue weighted by Gasteiger charge is 2.36. The number of amides is 1. The number of benzene rings is 2. The molecule has 2 heterocycles. The van der Waals surface area contributed by atoms with Crippen molar-refractivity contribution in [1.82, 2.24) is 9.88 Å². The summed E-state index contributed by atoms with van der Waals surface area (Å²) < 4.78 is 0. The molecule has 4 rings (SSSR count). The van der Waals surface area contributed by atoms with Gasteiger partial charge in [-0.15, -0.1) is 11.3 Å². The van der Waals surface area contributed by atoms with E-state index in [1.165, 1.54) is 22.5 Å². The molecule has 0 unspecified atom stereocenters. The quantitative estimate of drug-likeness (QED) is 0.749. The van der Waals surface area contributed by atoms with Crippen LogP contribution in [0.4, 0.5) is 0 Å². The fraction of sp³-hybridized carbons (Fsp3) is 0.273. The van der Waals surface area contributed by atoms with Crippen LogP contribution in [0.25, 0.3) is 10.6 Å². The van der Waals surface area contributed by atoms with Gasteiger partial charge >= 0.3 is 0 Å². The monoisotopic (exact) mass is 377 g/mol. The fourth-order valence-electron chi connectivity index (χ4n) is 3.82. The molecule has 4 nitrogen and oxygen atoms in total. The van der Waals surface area contributed by atoms with Crippen molar-refractivity contribution in [1.29, 1.82) is 0 Å². The first-order chi connectivity index (χ1) is 13.2. The van der Waals surface area contributed by atoms with E-state index in [4.69, 9.17) is 5.73 Å². The van der Waals surface area contributed by atoms with E-state index < -0.39 is 0 Å². The standard InChI is InChI=1S/C22H23N3OS/c1-15-7-5-6-10-18(15)21-24-20(14-27-21)22(26)25-12-17(11-23)19(13-25)16-8-3-2-4-9-16/h2-10,14,17,19H,11-13,23H2,1H3/t17-,19+/m1/s1. The Morgan fingerprint density at radius 3 is 2.63 bits per heavy atom. The maximum absolute atomic E-state index is 13.0. The molecule has 1 fully saturated rings. The van der Waals surface area contributed by atoms with E-state index in [9.17, 15) is 4.79 Å². The van der Waals surface area contributed by atoms with Crippen LogP contribution in [-0.2, 0) is 0 Å². The SMILES string of the molecule is Cc1ccccc1-c1nc(C(=O)N2C[C@@H](CN)[C@H](c3ccccc3)C2)cs1. The zero-order chi connectivity index (χ0) is 18.8. The molecule has 2 aromatic carbocycles. The molecule has 27 heavy (non-hydrogen) atoms. The summed E-state index contributed by atoms with van der Waals surface area (Å²) in [4.78, 5) is 19.6. The average Bonchev–Trinajstić information content (AvgIpc) is 3.36. The number of nitrogens with zero attached hydrogens (tertiary/aromatic N) is 2. The Balaban J connectivity index is 1.55. The van der Waals surface area contributed by atoms with E-state index >= 15 is 0 Å². The summed E-state index contributed by atoms with van der Waals surface area (Å²) >= 11 is 1.52. The summed E-state index contributed by atoms with van der Waals surface area (Å²) in [6, 6.07) is 18.5.